The third-order valence-electron chi connectivity index (χ3n) is 2.64. The van der Waals surface area contributed by atoms with Gasteiger partial charge in [-0.15, -0.1) is 0 Å². The van der Waals surface area contributed by atoms with Gasteiger partial charge < -0.3 is 20.2 Å². The van der Waals surface area contributed by atoms with E-state index in [9.17, 15) is 10.2 Å². The Morgan fingerprint density at radius 2 is 1.56 bits per heavy atom. The van der Waals surface area contributed by atoms with Gasteiger partial charge in [-0.25, -0.2) is 9.97 Å². The van der Waals surface area contributed by atoms with E-state index in [1.807, 2.05) is 0 Å². The fourth-order valence-electron chi connectivity index (χ4n) is 1.82. The minimum atomic E-state index is -0.0695. The molecule has 0 aliphatic carbocycles. The van der Waals surface area contributed by atoms with Crippen molar-refractivity contribution in [1.29, 1.82) is 0 Å². The highest BCUT2D eigenvalue weighted by atomic mass is 16.3. The van der Waals surface area contributed by atoms with Crippen molar-refractivity contribution < 1.29 is 10.2 Å². The summed E-state index contributed by atoms with van der Waals surface area (Å²) in [7, 11) is 0. The minimum absolute atomic E-state index is 0.0437. The lowest BCUT2D eigenvalue weighted by atomic mass is 10.1. The Morgan fingerprint density at radius 3 is 2.17 bits per heavy atom. The first-order chi connectivity index (χ1) is 8.77. The first kappa shape index (κ1) is 10.4. The third kappa shape index (κ3) is 1.51. The average Bonchev–Trinajstić information content (AvgIpc) is 3.01. The zero-order valence-electron chi connectivity index (χ0n) is 9.25. The third-order valence-corrected chi connectivity index (χ3v) is 2.64. The standard InChI is InChI=1S/C12H10N4O2/c17-8-2-1-7(11-13-3-4-14-11)10(18)9(8)12-15-5-6-16-12/h1-6,17-18H,(H,13,14)(H,15,16). The number of hydrogen-bond donors (Lipinski definition) is 4. The molecule has 6 nitrogen and oxygen atoms in total. The molecule has 3 aromatic rings. The van der Waals surface area contributed by atoms with E-state index in [2.05, 4.69) is 19.9 Å². The number of rotatable bonds is 2. The molecule has 18 heavy (non-hydrogen) atoms. The van der Waals surface area contributed by atoms with Crippen LogP contribution in [0.2, 0.25) is 0 Å². The van der Waals surface area contributed by atoms with Gasteiger partial charge in [0.05, 0.1) is 5.56 Å². The van der Waals surface area contributed by atoms with Gasteiger partial charge in [-0.05, 0) is 12.1 Å². The van der Waals surface area contributed by atoms with Crippen molar-refractivity contribution in [3.05, 3.63) is 36.9 Å². The summed E-state index contributed by atoms with van der Waals surface area (Å²) < 4.78 is 0. The van der Waals surface area contributed by atoms with Gasteiger partial charge in [-0.3, -0.25) is 0 Å². The highest BCUT2D eigenvalue weighted by Gasteiger charge is 2.17. The number of phenols is 2. The molecule has 0 bridgehead atoms. The maximum atomic E-state index is 10.2. The molecule has 2 aromatic heterocycles. The van der Waals surface area contributed by atoms with E-state index in [1.165, 1.54) is 6.07 Å². The summed E-state index contributed by atoms with van der Waals surface area (Å²) in [5.74, 6) is 0.816. The van der Waals surface area contributed by atoms with E-state index in [0.717, 1.165) is 0 Å². The van der Waals surface area contributed by atoms with Gasteiger partial charge in [0.1, 0.15) is 28.7 Å². The van der Waals surface area contributed by atoms with Crippen molar-refractivity contribution in [1.82, 2.24) is 19.9 Å². The number of hydrogen-bond acceptors (Lipinski definition) is 4. The van der Waals surface area contributed by atoms with Gasteiger partial charge in [0, 0.05) is 24.8 Å². The lowest BCUT2D eigenvalue weighted by Crippen LogP contribution is -1.88. The topological polar surface area (TPSA) is 97.8 Å². The molecular weight excluding hydrogens is 232 g/mol. The maximum absolute atomic E-state index is 10.2. The van der Waals surface area contributed by atoms with Crippen LogP contribution in [0, 0.1) is 0 Å². The second-order valence-electron chi connectivity index (χ2n) is 3.73. The molecular formula is C12H10N4O2. The largest absolute Gasteiger partial charge is 0.507 e. The summed E-state index contributed by atoms with van der Waals surface area (Å²) in [5, 5.41) is 20.1. The van der Waals surface area contributed by atoms with Crippen LogP contribution < -0.4 is 0 Å². The van der Waals surface area contributed by atoms with Crippen LogP contribution in [0.15, 0.2) is 36.9 Å². The number of imidazole rings is 2. The molecule has 0 saturated carbocycles. The van der Waals surface area contributed by atoms with Crippen LogP contribution in [-0.2, 0) is 0 Å². The van der Waals surface area contributed by atoms with Crippen LogP contribution in [0.25, 0.3) is 22.8 Å². The number of aromatic amines is 2. The number of nitrogens with zero attached hydrogens (tertiary/aromatic N) is 2. The molecule has 0 unspecified atom stereocenters. The fourth-order valence-corrected chi connectivity index (χ4v) is 1.82. The highest BCUT2D eigenvalue weighted by molar-refractivity contribution is 5.81. The summed E-state index contributed by atoms with van der Waals surface area (Å²) in [6.07, 6.45) is 6.42. The second-order valence-corrected chi connectivity index (χ2v) is 3.73. The summed E-state index contributed by atoms with van der Waals surface area (Å²) in [5.41, 5.74) is 0.762. The summed E-state index contributed by atoms with van der Waals surface area (Å²) in [4.78, 5) is 13.8. The first-order valence-electron chi connectivity index (χ1n) is 5.32. The van der Waals surface area contributed by atoms with Crippen molar-refractivity contribution in [3.63, 3.8) is 0 Å². The molecule has 0 aliphatic heterocycles. The highest BCUT2D eigenvalue weighted by Crippen LogP contribution is 2.41. The van der Waals surface area contributed by atoms with Crippen LogP contribution in [0.4, 0.5) is 0 Å². The normalized spacial score (nSPS) is 10.7. The molecule has 4 N–H and O–H groups in total. The van der Waals surface area contributed by atoms with E-state index in [0.29, 0.717) is 17.2 Å². The Morgan fingerprint density at radius 1 is 0.889 bits per heavy atom. The van der Waals surface area contributed by atoms with Crippen LogP contribution in [0.1, 0.15) is 0 Å². The minimum Gasteiger partial charge on any atom is -0.507 e. The molecule has 2 heterocycles. The number of phenolic OH excluding ortho intramolecular Hbond substituents is 2. The van der Waals surface area contributed by atoms with Gasteiger partial charge >= 0.3 is 0 Å². The van der Waals surface area contributed by atoms with E-state index >= 15 is 0 Å². The smallest absolute Gasteiger partial charge is 0.144 e. The number of nitrogens with one attached hydrogen (secondary N) is 2. The Labute approximate surface area is 102 Å². The molecule has 0 atom stereocenters. The lowest BCUT2D eigenvalue weighted by molar-refractivity contribution is 0.454. The molecule has 0 radical (unpaired) electrons. The summed E-state index contributed by atoms with van der Waals surface area (Å²) in [6.45, 7) is 0. The van der Waals surface area contributed by atoms with Crippen LogP contribution in [0.3, 0.4) is 0 Å². The van der Waals surface area contributed by atoms with Crippen LogP contribution in [-0.4, -0.2) is 30.1 Å². The zero-order chi connectivity index (χ0) is 12.5. The quantitative estimate of drug-likeness (QED) is 0.551. The van der Waals surface area contributed by atoms with Gasteiger partial charge in [-0.2, -0.15) is 0 Å². The van der Waals surface area contributed by atoms with Crippen molar-refractivity contribution >= 4 is 0 Å². The predicted octanol–water partition coefficient (Wildman–Crippen LogP) is 1.88. The van der Waals surface area contributed by atoms with Gasteiger partial charge in [0.25, 0.3) is 0 Å². The molecule has 90 valence electrons. The van der Waals surface area contributed by atoms with E-state index in [1.54, 1.807) is 30.9 Å². The maximum Gasteiger partial charge on any atom is 0.144 e. The Kier molecular flexibility index (Phi) is 2.26. The fraction of sp³-hybridized carbons (Fsp3) is 0. The van der Waals surface area contributed by atoms with Gasteiger partial charge in [-0.1, -0.05) is 0 Å². The monoisotopic (exact) mass is 242 g/mol. The predicted molar refractivity (Wildman–Crippen MR) is 64.9 cm³/mol. The second kappa shape index (κ2) is 3.92. The molecule has 0 fully saturated rings. The molecule has 1 aromatic carbocycles. The Bertz CT molecular complexity index is 660. The Hall–Kier alpha value is -2.76. The number of H-pyrrole nitrogens is 2. The Balaban J connectivity index is 2.24. The van der Waals surface area contributed by atoms with Crippen molar-refractivity contribution in [2.24, 2.45) is 0 Å². The number of benzene rings is 1. The van der Waals surface area contributed by atoms with Crippen molar-refractivity contribution in [2.45, 2.75) is 0 Å². The number of aromatic hydroxyl groups is 2. The first-order valence-corrected chi connectivity index (χ1v) is 5.32. The van der Waals surface area contributed by atoms with Crippen LogP contribution >= 0.6 is 0 Å². The molecule has 3 rings (SSSR count). The van der Waals surface area contributed by atoms with E-state index < -0.39 is 0 Å². The average molecular weight is 242 g/mol. The molecule has 0 aliphatic rings. The molecule has 0 spiro atoms. The van der Waals surface area contributed by atoms with Crippen LogP contribution in [0.5, 0.6) is 11.5 Å². The van der Waals surface area contributed by atoms with Crippen molar-refractivity contribution in [2.75, 3.05) is 0 Å². The summed E-state index contributed by atoms with van der Waals surface area (Å²) in [6, 6.07) is 3.09. The lowest BCUT2D eigenvalue weighted by Gasteiger charge is -2.08. The van der Waals surface area contributed by atoms with Gasteiger partial charge in [0.2, 0.25) is 0 Å². The van der Waals surface area contributed by atoms with Crippen molar-refractivity contribution in [3.8, 4) is 34.3 Å². The number of aromatic nitrogens is 4. The molecule has 6 heteroatoms. The summed E-state index contributed by atoms with van der Waals surface area (Å²) >= 11 is 0. The zero-order valence-corrected chi connectivity index (χ0v) is 9.25. The molecule has 0 amide bonds. The van der Waals surface area contributed by atoms with E-state index in [-0.39, 0.29) is 17.1 Å². The van der Waals surface area contributed by atoms with Gasteiger partial charge in [0.15, 0.2) is 0 Å². The van der Waals surface area contributed by atoms with E-state index in [4.69, 9.17) is 0 Å². The SMILES string of the molecule is Oc1ccc(-c2ncc[nH]2)c(O)c1-c1ncc[nH]1. The molecule has 0 saturated heterocycles.